The van der Waals surface area contributed by atoms with Gasteiger partial charge in [0.25, 0.3) is 5.91 Å². The van der Waals surface area contributed by atoms with E-state index < -0.39 is 24.0 Å². The maximum atomic E-state index is 12.8. The summed E-state index contributed by atoms with van der Waals surface area (Å²) in [6, 6.07) is 14.7. The highest BCUT2D eigenvalue weighted by atomic mass is 16.5. The summed E-state index contributed by atoms with van der Waals surface area (Å²) in [6.07, 6.45) is 0.612. The third-order valence-corrected chi connectivity index (χ3v) is 4.93. The predicted octanol–water partition coefficient (Wildman–Crippen LogP) is 3.46. The molecule has 2 amide bonds. The standard InChI is InChI=1S/C23H26N2O5/c1-16-10-12-17(13-11-16)29-14-6-9-21(27)30-15-20(26)25-19-8-5-4-7-18(19)24-22(28)23(25,2)3/h4-5,7-8,10-13H,6,9,14-15H2,1-3H3,(H,24,28). The Morgan fingerprint density at radius 2 is 1.77 bits per heavy atom. The first-order valence-corrected chi connectivity index (χ1v) is 9.87. The Morgan fingerprint density at radius 1 is 1.07 bits per heavy atom. The second-order valence-electron chi connectivity index (χ2n) is 7.69. The largest absolute Gasteiger partial charge is 0.494 e. The van der Waals surface area contributed by atoms with Crippen LogP contribution in [0.4, 0.5) is 11.4 Å². The van der Waals surface area contributed by atoms with Crippen LogP contribution >= 0.6 is 0 Å². The van der Waals surface area contributed by atoms with E-state index in [1.807, 2.05) is 31.2 Å². The fourth-order valence-corrected chi connectivity index (χ4v) is 3.22. The number of esters is 1. The van der Waals surface area contributed by atoms with E-state index in [4.69, 9.17) is 9.47 Å². The minimum Gasteiger partial charge on any atom is -0.494 e. The van der Waals surface area contributed by atoms with Gasteiger partial charge in [-0.15, -0.1) is 0 Å². The van der Waals surface area contributed by atoms with Crippen molar-refractivity contribution in [1.29, 1.82) is 0 Å². The van der Waals surface area contributed by atoms with Crippen molar-refractivity contribution in [2.45, 2.75) is 39.2 Å². The van der Waals surface area contributed by atoms with E-state index in [1.165, 1.54) is 4.90 Å². The van der Waals surface area contributed by atoms with Gasteiger partial charge in [0, 0.05) is 6.42 Å². The number of rotatable bonds is 7. The topological polar surface area (TPSA) is 84.9 Å². The van der Waals surface area contributed by atoms with Gasteiger partial charge in [0.2, 0.25) is 5.91 Å². The monoisotopic (exact) mass is 410 g/mol. The zero-order valence-electron chi connectivity index (χ0n) is 17.4. The molecule has 158 valence electrons. The summed E-state index contributed by atoms with van der Waals surface area (Å²) >= 11 is 0. The van der Waals surface area contributed by atoms with Crippen molar-refractivity contribution in [2.24, 2.45) is 0 Å². The molecule has 0 aromatic heterocycles. The number of nitrogens with zero attached hydrogens (tertiary/aromatic N) is 1. The summed E-state index contributed by atoms with van der Waals surface area (Å²) in [5.74, 6) is -0.488. The van der Waals surface area contributed by atoms with Crippen LogP contribution < -0.4 is 15.0 Å². The summed E-state index contributed by atoms with van der Waals surface area (Å²) in [7, 11) is 0. The number of anilines is 2. The molecular weight excluding hydrogens is 384 g/mol. The highest BCUT2D eigenvalue weighted by molar-refractivity contribution is 6.14. The van der Waals surface area contributed by atoms with E-state index in [0.29, 0.717) is 24.4 Å². The fourth-order valence-electron chi connectivity index (χ4n) is 3.22. The predicted molar refractivity (Wildman–Crippen MR) is 114 cm³/mol. The molecule has 2 aromatic carbocycles. The van der Waals surface area contributed by atoms with Gasteiger partial charge >= 0.3 is 5.97 Å². The van der Waals surface area contributed by atoms with E-state index in [0.717, 1.165) is 11.3 Å². The molecule has 0 bridgehead atoms. The van der Waals surface area contributed by atoms with Crippen LogP contribution in [0.2, 0.25) is 0 Å². The highest BCUT2D eigenvalue weighted by Crippen LogP contribution is 2.36. The van der Waals surface area contributed by atoms with E-state index in [-0.39, 0.29) is 12.3 Å². The molecule has 0 aliphatic carbocycles. The molecule has 1 aliphatic heterocycles. The molecule has 0 saturated carbocycles. The van der Waals surface area contributed by atoms with Gasteiger partial charge in [0.15, 0.2) is 6.61 Å². The molecule has 3 rings (SSSR count). The van der Waals surface area contributed by atoms with Crippen molar-refractivity contribution in [3.63, 3.8) is 0 Å². The van der Waals surface area contributed by atoms with Gasteiger partial charge in [0.05, 0.1) is 18.0 Å². The molecule has 30 heavy (non-hydrogen) atoms. The Balaban J connectivity index is 1.50. The van der Waals surface area contributed by atoms with Gasteiger partial charge in [-0.05, 0) is 51.5 Å². The lowest BCUT2D eigenvalue weighted by molar-refractivity contribution is -0.148. The Hall–Kier alpha value is -3.35. The summed E-state index contributed by atoms with van der Waals surface area (Å²) < 4.78 is 10.7. The second kappa shape index (κ2) is 8.98. The molecule has 0 unspecified atom stereocenters. The first-order chi connectivity index (χ1) is 14.3. The lowest BCUT2D eigenvalue weighted by Crippen LogP contribution is -2.59. The molecule has 1 aliphatic rings. The van der Waals surface area contributed by atoms with Crippen molar-refractivity contribution in [2.75, 3.05) is 23.4 Å². The Kier molecular flexibility index (Phi) is 6.40. The van der Waals surface area contributed by atoms with E-state index in [9.17, 15) is 14.4 Å². The number of aryl methyl sites for hydroxylation is 1. The number of fused-ring (bicyclic) bond motifs is 1. The summed E-state index contributed by atoms with van der Waals surface area (Å²) in [4.78, 5) is 38.6. The van der Waals surface area contributed by atoms with Gasteiger partial charge in [-0.25, -0.2) is 0 Å². The third kappa shape index (κ3) is 4.79. The van der Waals surface area contributed by atoms with Gasteiger partial charge in [-0.2, -0.15) is 0 Å². The van der Waals surface area contributed by atoms with Gasteiger partial charge in [-0.1, -0.05) is 29.8 Å². The van der Waals surface area contributed by atoms with Crippen molar-refractivity contribution in [3.8, 4) is 5.75 Å². The van der Waals surface area contributed by atoms with Crippen molar-refractivity contribution < 1.29 is 23.9 Å². The van der Waals surface area contributed by atoms with E-state index in [1.54, 1.807) is 38.1 Å². The smallest absolute Gasteiger partial charge is 0.306 e. The van der Waals surface area contributed by atoms with E-state index >= 15 is 0 Å². The van der Waals surface area contributed by atoms with Crippen LogP contribution in [0.25, 0.3) is 0 Å². The van der Waals surface area contributed by atoms with Crippen LogP contribution in [0.3, 0.4) is 0 Å². The lowest BCUT2D eigenvalue weighted by Gasteiger charge is -2.41. The number of hydrogen-bond donors (Lipinski definition) is 1. The zero-order chi connectivity index (χ0) is 21.7. The number of para-hydroxylation sites is 2. The molecule has 7 nitrogen and oxygen atoms in total. The van der Waals surface area contributed by atoms with Crippen LogP contribution in [0.5, 0.6) is 5.75 Å². The normalized spacial score (nSPS) is 14.5. The average Bonchev–Trinajstić information content (AvgIpc) is 2.71. The molecule has 0 radical (unpaired) electrons. The first kappa shape index (κ1) is 21.4. The Labute approximate surface area is 176 Å². The van der Waals surface area contributed by atoms with Crippen LogP contribution in [-0.4, -0.2) is 36.5 Å². The van der Waals surface area contributed by atoms with Crippen LogP contribution in [-0.2, 0) is 19.1 Å². The van der Waals surface area contributed by atoms with Gasteiger partial charge in [0.1, 0.15) is 11.3 Å². The van der Waals surface area contributed by atoms with Crippen molar-refractivity contribution in [1.82, 2.24) is 0 Å². The molecule has 1 heterocycles. The van der Waals surface area contributed by atoms with Gasteiger partial charge < -0.3 is 14.8 Å². The Bertz CT molecular complexity index is 937. The summed E-state index contributed by atoms with van der Waals surface area (Å²) in [5.41, 5.74) is 1.18. The molecule has 0 fully saturated rings. The zero-order valence-corrected chi connectivity index (χ0v) is 17.4. The summed E-state index contributed by atoms with van der Waals surface area (Å²) in [5, 5.41) is 2.80. The molecule has 0 saturated heterocycles. The molecule has 0 atom stereocenters. The Morgan fingerprint density at radius 3 is 2.50 bits per heavy atom. The first-order valence-electron chi connectivity index (χ1n) is 9.87. The number of nitrogens with one attached hydrogen (secondary N) is 1. The molecule has 0 spiro atoms. The maximum Gasteiger partial charge on any atom is 0.306 e. The molecular formula is C23H26N2O5. The molecule has 1 N–H and O–H groups in total. The van der Waals surface area contributed by atoms with Crippen molar-refractivity contribution in [3.05, 3.63) is 54.1 Å². The quantitative estimate of drug-likeness (QED) is 0.558. The van der Waals surface area contributed by atoms with Crippen molar-refractivity contribution >= 4 is 29.2 Å². The lowest BCUT2D eigenvalue weighted by atomic mass is 9.96. The SMILES string of the molecule is Cc1ccc(OCCCC(=O)OCC(=O)N2c3ccccc3NC(=O)C2(C)C)cc1. The number of ether oxygens (including phenoxy) is 2. The minimum absolute atomic E-state index is 0.138. The fraction of sp³-hybridized carbons (Fsp3) is 0.348. The maximum absolute atomic E-state index is 12.8. The molecule has 7 heteroatoms. The number of carbonyl (C=O) groups excluding carboxylic acids is 3. The number of amides is 2. The molecule has 2 aromatic rings. The number of hydrogen-bond acceptors (Lipinski definition) is 5. The van der Waals surface area contributed by atoms with Crippen LogP contribution in [0.1, 0.15) is 32.3 Å². The van der Waals surface area contributed by atoms with E-state index in [2.05, 4.69) is 5.32 Å². The number of benzene rings is 2. The third-order valence-electron chi connectivity index (χ3n) is 4.93. The highest BCUT2D eigenvalue weighted by Gasteiger charge is 2.43. The second-order valence-corrected chi connectivity index (χ2v) is 7.69. The van der Waals surface area contributed by atoms with Crippen LogP contribution in [0.15, 0.2) is 48.5 Å². The average molecular weight is 410 g/mol. The summed E-state index contributed by atoms with van der Waals surface area (Å²) in [6.45, 7) is 5.25. The number of carbonyl (C=O) groups is 3. The van der Waals surface area contributed by atoms with Gasteiger partial charge in [-0.3, -0.25) is 19.3 Å². The minimum atomic E-state index is -1.10. The van der Waals surface area contributed by atoms with Crippen LogP contribution in [0, 0.1) is 6.92 Å².